The number of nitrogens with two attached hydrogens (primary N) is 1. The summed E-state index contributed by atoms with van der Waals surface area (Å²) in [6.45, 7) is 0. The number of aromatic nitrogens is 1. The molecule has 76 valence electrons. The van der Waals surface area contributed by atoms with Crippen molar-refractivity contribution in [3.63, 3.8) is 0 Å². The summed E-state index contributed by atoms with van der Waals surface area (Å²) in [7, 11) is 0. The van der Waals surface area contributed by atoms with Gasteiger partial charge in [-0.1, -0.05) is 11.6 Å². The SMILES string of the molecule is Nc1cc(C2CCCSC2)cnc1Cl. The summed E-state index contributed by atoms with van der Waals surface area (Å²) in [5.41, 5.74) is 7.56. The molecule has 1 atom stereocenters. The fraction of sp³-hybridized carbons (Fsp3) is 0.500. The van der Waals surface area contributed by atoms with Crippen molar-refractivity contribution in [2.24, 2.45) is 0 Å². The highest BCUT2D eigenvalue weighted by Crippen LogP contribution is 2.32. The Morgan fingerprint density at radius 3 is 3.07 bits per heavy atom. The van der Waals surface area contributed by atoms with Crippen molar-refractivity contribution in [1.82, 2.24) is 4.98 Å². The minimum absolute atomic E-state index is 0.414. The number of thioether (sulfide) groups is 1. The van der Waals surface area contributed by atoms with Crippen molar-refractivity contribution in [3.8, 4) is 0 Å². The molecule has 0 spiro atoms. The van der Waals surface area contributed by atoms with E-state index in [0.717, 1.165) is 0 Å². The summed E-state index contributed by atoms with van der Waals surface area (Å²) >= 11 is 7.78. The molecule has 0 bridgehead atoms. The molecule has 0 aromatic carbocycles. The molecule has 1 saturated heterocycles. The number of nitrogens with zero attached hydrogens (tertiary/aromatic N) is 1. The molecule has 2 N–H and O–H groups in total. The smallest absolute Gasteiger partial charge is 0.151 e. The van der Waals surface area contributed by atoms with Crippen LogP contribution in [0.1, 0.15) is 24.3 Å². The molecule has 1 aromatic heterocycles. The first-order valence-corrected chi connectivity index (χ1v) is 6.29. The van der Waals surface area contributed by atoms with Gasteiger partial charge in [0.1, 0.15) is 0 Å². The van der Waals surface area contributed by atoms with E-state index in [-0.39, 0.29) is 0 Å². The van der Waals surface area contributed by atoms with Crippen molar-refractivity contribution in [3.05, 3.63) is 23.0 Å². The summed E-state index contributed by atoms with van der Waals surface area (Å²) < 4.78 is 0. The Bertz CT molecular complexity index is 324. The van der Waals surface area contributed by atoms with Gasteiger partial charge in [0.2, 0.25) is 0 Å². The van der Waals surface area contributed by atoms with Gasteiger partial charge in [0.05, 0.1) is 5.69 Å². The Morgan fingerprint density at radius 1 is 1.57 bits per heavy atom. The third-order valence-electron chi connectivity index (χ3n) is 2.52. The minimum atomic E-state index is 0.414. The maximum absolute atomic E-state index is 5.78. The van der Waals surface area contributed by atoms with Crippen LogP contribution in [0.3, 0.4) is 0 Å². The predicted octanol–water partition coefficient (Wildman–Crippen LogP) is 2.93. The normalized spacial score (nSPS) is 22.2. The largest absolute Gasteiger partial charge is 0.396 e. The van der Waals surface area contributed by atoms with Gasteiger partial charge in [0.25, 0.3) is 0 Å². The third kappa shape index (κ3) is 2.15. The third-order valence-corrected chi connectivity index (χ3v) is 4.05. The zero-order valence-corrected chi connectivity index (χ0v) is 9.44. The molecule has 1 fully saturated rings. The second-order valence-electron chi connectivity index (χ2n) is 3.56. The van der Waals surface area contributed by atoms with Crippen molar-refractivity contribution in [2.45, 2.75) is 18.8 Å². The van der Waals surface area contributed by atoms with Crippen LogP contribution < -0.4 is 5.73 Å². The Morgan fingerprint density at radius 2 is 2.43 bits per heavy atom. The quantitative estimate of drug-likeness (QED) is 0.752. The summed E-state index contributed by atoms with van der Waals surface area (Å²) in [4.78, 5) is 4.09. The first-order chi connectivity index (χ1) is 6.77. The zero-order valence-electron chi connectivity index (χ0n) is 7.87. The first-order valence-electron chi connectivity index (χ1n) is 4.76. The molecule has 0 radical (unpaired) electrons. The van der Waals surface area contributed by atoms with E-state index in [1.165, 1.54) is 29.9 Å². The Labute approximate surface area is 93.2 Å². The second-order valence-corrected chi connectivity index (χ2v) is 5.07. The van der Waals surface area contributed by atoms with E-state index >= 15 is 0 Å². The van der Waals surface area contributed by atoms with E-state index in [9.17, 15) is 0 Å². The summed E-state index contributed by atoms with van der Waals surface area (Å²) in [6.07, 6.45) is 4.39. The van der Waals surface area contributed by atoms with Crippen LogP contribution in [0.25, 0.3) is 0 Å². The first kappa shape index (κ1) is 10.1. The van der Waals surface area contributed by atoms with Crippen LogP contribution >= 0.6 is 23.4 Å². The molecular formula is C10H13ClN2S. The van der Waals surface area contributed by atoms with Gasteiger partial charge in [-0.25, -0.2) is 4.98 Å². The Hall–Kier alpha value is -0.410. The van der Waals surface area contributed by atoms with Crippen molar-refractivity contribution in [1.29, 1.82) is 0 Å². The van der Waals surface area contributed by atoms with Crippen molar-refractivity contribution >= 4 is 29.1 Å². The second kappa shape index (κ2) is 4.41. The summed E-state index contributed by atoms with van der Waals surface area (Å²) in [6, 6.07) is 1.96. The number of rotatable bonds is 1. The maximum Gasteiger partial charge on any atom is 0.151 e. The molecule has 0 amide bonds. The van der Waals surface area contributed by atoms with Gasteiger partial charge in [0, 0.05) is 11.9 Å². The van der Waals surface area contributed by atoms with Crippen LogP contribution in [-0.4, -0.2) is 16.5 Å². The van der Waals surface area contributed by atoms with Crippen LogP contribution in [0.15, 0.2) is 12.3 Å². The molecule has 4 heteroatoms. The Kier molecular flexibility index (Phi) is 3.19. The van der Waals surface area contributed by atoms with Gasteiger partial charge in [0.15, 0.2) is 5.15 Å². The predicted molar refractivity (Wildman–Crippen MR) is 63.0 cm³/mol. The number of pyridine rings is 1. The van der Waals surface area contributed by atoms with E-state index in [1.54, 1.807) is 0 Å². The lowest BCUT2D eigenvalue weighted by Gasteiger charge is -2.21. The van der Waals surface area contributed by atoms with Gasteiger partial charge in [-0.05, 0) is 36.1 Å². The lowest BCUT2D eigenvalue weighted by molar-refractivity contribution is 0.658. The summed E-state index contributed by atoms with van der Waals surface area (Å²) in [5, 5.41) is 0.414. The molecule has 2 nitrogen and oxygen atoms in total. The number of nitrogen functional groups attached to an aromatic ring is 1. The molecule has 1 aliphatic heterocycles. The van der Waals surface area contributed by atoms with E-state index in [1.807, 2.05) is 24.0 Å². The van der Waals surface area contributed by atoms with Gasteiger partial charge in [-0.3, -0.25) is 0 Å². The molecule has 1 unspecified atom stereocenters. The van der Waals surface area contributed by atoms with Crippen LogP contribution in [0, 0.1) is 0 Å². The molecule has 0 aliphatic carbocycles. The number of anilines is 1. The topological polar surface area (TPSA) is 38.9 Å². The average molecular weight is 229 g/mol. The van der Waals surface area contributed by atoms with Crippen molar-refractivity contribution < 1.29 is 0 Å². The number of halogens is 1. The maximum atomic E-state index is 5.78. The van der Waals surface area contributed by atoms with Crippen molar-refractivity contribution in [2.75, 3.05) is 17.2 Å². The molecule has 1 aromatic rings. The van der Waals surface area contributed by atoms with E-state index in [2.05, 4.69) is 4.98 Å². The highest BCUT2D eigenvalue weighted by molar-refractivity contribution is 7.99. The lowest BCUT2D eigenvalue weighted by Crippen LogP contribution is -2.09. The molecule has 14 heavy (non-hydrogen) atoms. The minimum Gasteiger partial charge on any atom is -0.396 e. The molecule has 1 aliphatic rings. The van der Waals surface area contributed by atoms with E-state index in [4.69, 9.17) is 17.3 Å². The number of hydrogen-bond acceptors (Lipinski definition) is 3. The zero-order chi connectivity index (χ0) is 9.97. The van der Waals surface area contributed by atoms with Crippen LogP contribution in [0.5, 0.6) is 0 Å². The monoisotopic (exact) mass is 228 g/mol. The molecule has 2 heterocycles. The fourth-order valence-corrected chi connectivity index (χ4v) is 2.99. The van der Waals surface area contributed by atoms with Crippen LogP contribution in [0.4, 0.5) is 5.69 Å². The van der Waals surface area contributed by atoms with Crippen LogP contribution in [0.2, 0.25) is 5.15 Å². The Balaban J connectivity index is 2.18. The fourth-order valence-electron chi connectivity index (χ4n) is 1.71. The van der Waals surface area contributed by atoms with Gasteiger partial charge < -0.3 is 5.73 Å². The van der Waals surface area contributed by atoms with E-state index in [0.29, 0.717) is 16.8 Å². The van der Waals surface area contributed by atoms with E-state index < -0.39 is 0 Å². The lowest BCUT2D eigenvalue weighted by atomic mass is 9.97. The average Bonchev–Trinajstić information content (AvgIpc) is 2.23. The molecule has 0 saturated carbocycles. The standard InChI is InChI=1S/C10H13ClN2S/c11-10-9(12)4-8(5-13-10)7-2-1-3-14-6-7/h4-5,7H,1-3,6,12H2. The van der Waals surface area contributed by atoms with Gasteiger partial charge >= 0.3 is 0 Å². The summed E-state index contributed by atoms with van der Waals surface area (Å²) in [5.74, 6) is 3.08. The molecule has 2 rings (SSSR count). The molecular weight excluding hydrogens is 216 g/mol. The number of hydrogen-bond donors (Lipinski definition) is 1. The van der Waals surface area contributed by atoms with Crippen LogP contribution in [-0.2, 0) is 0 Å². The highest BCUT2D eigenvalue weighted by atomic mass is 35.5. The van der Waals surface area contributed by atoms with Gasteiger partial charge in [-0.2, -0.15) is 11.8 Å². The van der Waals surface area contributed by atoms with Gasteiger partial charge in [-0.15, -0.1) is 0 Å². The highest BCUT2D eigenvalue weighted by Gasteiger charge is 2.16.